The van der Waals surface area contributed by atoms with Gasteiger partial charge in [0.25, 0.3) is 0 Å². The van der Waals surface area contributed by atoms with E-state index < -0.39 is 16.7 Å². The van der Waals surface area contributed by atoms with Crippen LogP contribution in [0.15, 0.2) is 11.6 Å². The molecule has 3 aliphatic rings. The maximum absolute atomic E-state index is 12.0. The van der Waals surface area contributed by atoms with Gasteiger partial charge in [-0.15, -0.1) is 5.54 Å². The summed E-state index contributed by atoms with van der Waals surface area (Å²) in [5, 5.41) is 19.6. The van der Waals surface area contributed by atoms with E-state index in [4.69, 9.17) is 10.1 Å². The van der Waals surface area contributed by atoms with Gasteiger partial charge in [-0.1, -0.05) is 25.0 Å². The van der Waals surface area contributed by atoms with Crippen molar-refractivity contribution in [1.82, 2.24) is 5.32 Å². The van der Waals surface area contributed by atoms with Gasteiger partial charge in [0.05, 0.1) is 22.8 Å². The maximum atomic E-state index is 12.0. The molecule has 1 heterocycles. The minimum Gasteiger partial charge on any atom is -0.659 e. The zero-order chi connectivity index (χ0) is 20.1. The Morgan fingerprint density at radius 2 is 1.96 bits per heavy atom. The van der Waals surface area contributed by atoms with E-state index >= 15 is 0 Å². The average molecular weight is 378 g/mol. The summed E-state index contributed by atoms with van der Waals surface area (Å²) in [6.07, 6.45) is 8.49. The summed E-state index contributed by atoms with van der Waals surface area (Å²) in [5.41, 5.74) is -0.624. The Balaban J connectivity index is 1.92. The van der Waals surface area contributed by atoms with Crippen LogP contribution in [-0.2, 0) is 9.53 Å². The largest absolute Gasteiger partial charge is 0.659 e. The zero-order valence-corrected chi connectivity index (χ0v) is 17.8. The van der Waals surface area contributed by atoms with Crippen molar-refractivity contribution < 1.29 is 14.6 Å². The van der Waals surface area contributed by atoms with Crippen molar-refractivity contribution in [3.8, 4) is 0 Å². The SMILES string of the molecule is C[N-]C1(C)CCC(C2(C)CCC(C(C)(C)NC=O)O2)C2(O)C=C(C)CCC12. The summed E-state index contributed by atoms with van der Waals surface area (Å²) in [6.45, 7) is 10.5. The van der Waals surface area contributed by atoms with Gasteiger partial charge in [0.1, 0.15) is 0 Å². The van der Waals surface area contributed by atoms with Crippen LogP contribution in [0.4, 0.5) is 0 Å². The van der Waals surface area contributed by atoms with Crippen LogP contribution in [0.1, 0.15) is 73.1 Å². The number of allylic oxidation sites excluding steroid dienone is 1. The van der Waals surface area contributed by atoms with Crippen molar-refractivity contribution in [3.05, 3.63) is 17.0 Å². The third-order valence-electron chi connectivity index (χ3n) is 7.91. The van der Waals surface area contributed by atoms with E-state index in [9.17, 15) is 9.90 Å². The second kappa shape index (κ2) is 6.85. The Hall–Kier alpha value is -0.910. The number of ether oxygens (including phenoxy) is 1. The van der Waals surface area contributed by atoms with Gasteiger partial charge in [-0.25, -0.2) is 0 Å². The molecule has 0 radical (unpaired) electrons. The highest BCUT2D eigenvalue weighted by Gasteiger charge is 2.59. The van der Waals surface area contributed by atoms with Gasteiger partial charge in [-0.05, 0) is 65.7 Å². The lowest BCUT2D eigenvalue weighted by atomic mass is 9.53. The average Bonchev–Trinajstić information content (AvgIpc) is 2.98. The van der Waals surface area contributed by atoms with E-state index in [1.54, 1.807) is 0 Å². The van der Waals surface area contributed by atoms with Crippen LogP contribution >= 0.6 is 0 Å². The highest BCUT2D eigenvalue weighted by Crippen LogP contribution is 2.58. The second-order valence-electron chi connectivity index (χ2n) is 10.1. The Morgan fingerprint density at radius 1 is 1.26 bits per heavy atom. The van der Waals surface area contributed by atoms with E-state index in [0.29, 0.717) is 0 Å². The molecule has 1 aliphatic heterocycles. The van der Waals surface area contributed by atoms with Crippen molar-refractivity contribution in [2.75, 3.05) is 7.05 Å². The summed E-state index contributed by atoms with van der Waals surface area (Å²) in [5.74, 6) is 0.162. The molecule has 0 aromatic carbocycles. The molecule has 1 amide bonds. The lowest BCUT2D eigenvalue weighted by Crippen LogP contribution is -2.63. The lowest BCUT2D eigenvalue weighted by Gasteiger charge is -2.63. The first-order valence-corrected chi connectivity index (χ1v) is 10.4. The minimum absolute atomic E-state index is 0.0390. The van der Waals surface area contributed by atoms with E-state index in [-0.39, 0.29) is 23.5 Å². The molecule has 5 heteroatoms. The molecule has 3 rings (SSSR count). The van der Waals surface area contributed by atoms with E-state index in [0.717, 1.165) is 44.9 Å². The number of carbonyl (C=O) groups excluding carboxylic acids is 1. The van der Waals surface area contributed by atoms with Crippen molar-refractivity contribution in [3.63, 3.8) is 0 Å². The standard InChI is InChI=1S/C22H37N2O3/c1-15-7-8-16-20(4,23-6)11-9-17(22(16,26)13-15)21(5)12-10-18(27-21)19(2,3)24-14-25/h13-14,16-18,26H,7-12H2,1-6H3,(H,24,25)/q-1. The quantitative estimate of drug-likeness (QED) is 0.567. The smallest absolute Gasteiger partial charge is 0.207 e. The zero-order valence-electron chi connectivity index (χ0n) is 17.8. The fraction of sp³-hybridized carbons (Fsp3) is 0.864. The third kappa shape index (κ3) is 3.36. The van der Waals surface area contributed by atoms with E-state index in [1.807, 2.05) is 20.9 Å². The molecule has 6 unspecified atom stereocenters. The van der Waals surface area contributed by atoms with Gasteiger partial charge in [0.15, 0.2) is 0 Å². The number of amides is 1. The molecule has 1 saturated heterocycles. The van der Waals surface area contributed by atoms with Crippen LogP contribution in [0.2, 0.25) is 0 Å². The molecule has 2 N–H and O–H groups in total. The predicted molar refractivity (Wildman–Crippen MR) is 108 cm³/mol. The first-order chi connectivity index (χ1) is 12.5. The van der Waals surface area contributed by atoms with Crippen LogP contribution < -0.4 is 5.32 Å². The van der Waals surface area contributed by atoms with E-state index in [2.05, 4.69) is 32.2 Å². The number of hydrogen-bond acceptors (Lipinski definition) is 3. The Morgan fingerprint density at radius 3 is 2.59 bits per heavy atom. The van der Waals surface area contributed by atoms with E-state index in [1.165, 1.54) is 5.57 Å². The summed E-state index contributed by atoms with van der Waals surface area (Å²) in [7, 11) is 1.89. The molecule has 2 fully saturated rings. The summed E-state index contributed by atoms with van der Waals surface area (Å²) in [6, 6.07) is 0. The number of aliphatic hydroxyl groups is 1. The van der Waals surface area contributed by atoms with Crippen LogP contribution in [0.5, 0.6) is 0 Å². The van der Waals surface area contributed by atoms with Crippen molar-refractivity contribution in [2.24, 2.45) is 11.8 Å². The van der Waals surface area contributed by atoms with Crippen molar-refractivity contribution in [1.29, 1.82) is 0 Å². The number of carbonyl (C=O) groups is 1. The lowest BCUT2D eigenvalue weighted by molar-refractivity contribution is -0.180. The molecule has 6 atom stereocenters. The molecule has 0 bridgehead atoms. The summed E-state index contributed by atoms with van der Waals surface area (Å²) >= 11 is 0. The molecular weight excluding hydrogens is 340 g/mol. The molecule has 0 spiro atoms. The van der Waals surface area contributed by atoms with Crippen molar-refractivity contribution in [2.45, 2.75) is 102 Å². The number of nitrogens with zero attached hydrogens (tertiary/aromatic N) is 1. The molecule has 154 valence electrons. The van der Waals surface area contributed by atoms with Gasteiger partial charge < -0.3 is 20.5 Å². The second-order valence-corrected chi connectivity index (χ2v) is 10.1. The maximum Gasteiger partial charge on any atom is 0.207 e. The molecule has 5 nitrogen and oxygen atoms in total. The molecule has 0 aromatic rings. The first-order valence-electron chi connectivity index (χ1n) is 10.4. The van der Waals surface area contributed by atoms with Crippen LogP contribution in [-0.4, -0.2) is 46.9 Å². The molecular formula is C22H37N2O3-. The number of nitrogens with one attached hydrogen (secondary N) is 1. The highest BCUT2D eigenvalue weighted by molar-refractivity contribution is 5.48. The molecule has 2 aliphatic carbocycles. The number of rotatable bonds is 5. The van der Waals surface area contributed by atoms with Crippen LogP contribution in [0.3, 0.4) is 0 Å². The Labute approximate surface area is 164 Å². The first kappa shape index (κ1) is 20.8. The van der Waals surface area contributed by atoms with Crippen molar-refractivity contribution >= 4 is 6.41 Å². The number of fused-ring (bicyclic) bond motifs is 1. The number of hydrogen-bond donors (Lipinski definition) is 2. The topological polar surface area (TPSA) is 72.7 Å². The third-order valence-corrected chi connectivity index (χ3v) is 7.91. The highest BCUT2D eigenvalue weighted by atomic mass is 16.5. The predicted octanol–water partition coefficient (Wildman–Crippen LogP) is 3.71. The Kier molecular flexibility index (Phi) is 5.28. The molecule has 27 heavy (non-hydrogen) atoms. The van der Waals surface area contributed by atoms with Crippen LogP contribution in [0.25, 0.3) is 5.32 Å². The molecule has 1 saturated carbocycles. The monoisotopic (exact) mass is 377 g/mol. The van der Waals surface area contributed by atoms with Gasteiger partial charge in [0.2, 0.25) is 6.41 Å². The normalized spacial score (nSPS) is 45.1. The molecule has 0 aromatic heterocycles. The van der Waals surface area contributed by atoms with Gasteiger partial charge in [-0.2, -0.15) is 7.05 Å². The minimum atomic E-state index is -0.888. The summed E-state index contributed by atoms with van der Waals surface area (Å²) in [4.78, 5) is 11.0. The van der Waals surface area contributed by atoms with Crippen LogP contribution in [0, 0.1) is 11.8 Å². The fourth-order valence-electron chi connectivity index (χ4n) is 6.10. The van der Waals surface area contributed by atoms with Gasteiger partial charge in [-0.3, -0.25) is 4.79 Å². The fourth-order valence-corrected chi connectivity index (χ4v) is 6.10. The van der Waals surface area contributed by atoms with Gasteiger partial charge in [0, 0.05) is 5.92 Å². The Bertz CT molecular complexity index is 619. The summed E-state index contributed by atoms with van der Waals surface area (Å²) < 4.78 is 6.62. The van der Waals surface area contributed by atoms with Gasteiger partial charge >= 0.3 is 0 Å².